The summed E-state index contributed by atoms with van der Waals surface area (Å²) >= 11 is 0. The van der Waals surface area contributed by atoms with Crippen molar-refractivity contribution in [2.45, 2.75) is 70.7 Å². The molecule has 4 rings (SSSR count). The minimum atomic E-state index is -1.47. The summed E-state index contributed by atoms with van der Waals surface area (Å²) in [5, 5.41) is 12.6. The molecule has 196 valence electrons. The zero-order valence-corrected chi connectivity index (χ0v) is 21.3. The van der Waals surface area contributed by atoms with Gasteiger partial charge in [-0.05, 0) is 26.8 Å². The Kier molecular flexibility index (Phi) is 6.74. The van der Waals surface area contributed by atoms with E-state index >= 15 is 0 Å². The highest BCUT2D eigenvalue weighted by Crippen LogP contribution is 2.57. The number of fused-ring (bicyclic) bond motifs is 1. The molecular formula is C26H33NO9. The fourth-order valence-electron chi connectivity index (χ4n) is 6.00. The van der Waals surface area contributed by atoms with E-state index < -0.39 is 59.0 Å². The van der Waals surface area contributed by atoms with Crippen LogP contribution in [0.5, 0.6) is 0 Å². The highest BCUT2D eigenvalue weighted by molar-refractivity contribution is 6.25. The number of Topliss-reactive ketones (excluding diaryl/α,β-unsaturated/α-hetero) is 2. The summed E-state index contributed by atoms with van der Waals surface area (Å²) < 4.78 is 24.0. The first-order valence-electron chi connectivity index (χ1n) is 12.1. The van der Waals surface area contributed by atoms with Crippen molar-refractivity contribution in [1.29, 1.82) is 0 Å². The SMILES string of the molecule is COC(=O)C1C(C)OC2(C)CC(=O)C3OC12OC(C(C)/C=C(C)/C=C/C(O)=C1/C(=O)CNC1=O)C3C. The van der Waals surface area contributed by atoms with Crippen molar-refractivity contribution in [2.24, 2.45) is 17.8 Å². The molecule has 4 aliphatic heterocycles. The van der Waals surface area contributed by atoms with Crippen LogP contribution in [-0.4, -0.2) is 71.9 Å². The molecule has 0 aromatic heterocycles. The molecule has 36 heavy (non-hydrogen) atoms. The Morgan fingerprint density at radius 1 is 1.19 bits per heavy atom. The van der Waals surface area contributed by atoms with Crippen LogP contribution >= 0.6 is 0 Å². The zero-order valence-electron chi connectivity index (χ0n) is 21.3. The van der Waals surface area contributed by atoms with Gasteiger partial charge in [0.2, 0.25) is 5.79 Å². The molecule has 10 heteroatoms. The highest BCUT2D eigenvalue weighted by atomic mass is 16.8. The Morgan fingerprint density at radius 3 is 2.50 bits per heavy atom. The predicted molar refractivity (Wildman–Crippen MR) is 125 cm³/mol. The van der Waals surface area contributed by atoms with Gasteiger partial charge in [-0.2, -0.15) is 0 Å². The standard InChI is InChI=1S/C26H33NO9/c1-12(7-8-16(28)19-18(30)11-27-23(19)31)9-13(2)21-14(3)22-17(29)10-25(5)26(35-21,36-22)20(15(4)34-25)24(32)33-6/h7-9,13-15,20-22,28H,10-11H2,1-6H3,(H,27,31)/b8-7+,12-9+,19-16+. The van der Waals surface area contributed by atoms with Crippen LogP contribution in [0.15, 0.2) is 35.1 Å². The lowest BCUT2D eigenvalue weighted by molar-refractivity contribution is -0.387. The second-order valence-electron chi connectivity index (χ2n) is 10.3. The minimum Gasteiger partial charge on any atom is -0.507 e. The summed E-state index contributed by atoms with van der Waals surface area (Å²) in [6, 6.07) is 0. The topological polar surface area (TPSA) is 137 Å². The number of methoxy groups -OCH3 is 1. The van der Waals surface area contributed by atoms with E-state index in [1.54, 1.807) is 26.8 Å². The van der Waals surface area contributed by atoms with Gasteiger partial charge in [0.25, 0.3) is 5.91 Å². The van der Waals surface area contributed by atoms with Gasteiger partial charge < -0.3 is 29.4 Å². The Labute approximate surface area is 209 Å². The van der Waals surface area contributed by atoms with Gasteiger partial charge in [0, 0.05) is 18.3 Å². The second-order valence-corrected chi connectivity index (χ2v) is 10.3. The molecule has 0 radical (unpaired) electrons. The van der Waals surface area contributed by atoms with Crippen LogP contribution in [-0.2, 0) is 38.1 Å². The molecule has 0 aromatic rings. The zero-order chi connectivity index (χ0) is 26.6. The summed E-state index contributed by atoms with van der Waals surface area (Å²) in [5.74, 6) is -4.97. The molecule has 1 spiro atoms. The van der Waals surface area contributed by atoms with E-state index in [0.717, 1.165) is 5.57 Å². The maximum Gasteiger partial charge on any atom is 0.316 e. The number of hydrogen-bond acceptors (Lipinski definition) is 9. The summed E-state index contributed by atoms with van der Waals surface area (Å²) in [7, 11) is 1.30. The third-order valence-electron chi connectivity index (χ3n) is 7.67. The Balaban J connectivity index is 1.63. The van der Waals surface area contributed by atoms with Crippen molar-refractivity contribution in [3.8, 4) is 0 Å². The summed E-state index contributed by atoms with van der Waals surface area (Å²) in [4.78, 5) is 49.4. The number of esters is 1. The number of nitrogens with one attached hydrogen (secondary N) is 1. The van der Waals surface area contributed by atoms with E-state index in [0.29, 0.717) is 0 Å². The molecule has 0 aliphatic carbocycles. The summed E-state index contributed by atoms with van der Waals surface area (Å²) in [5.41, 5.74) is -0.676. The lowest BCUT2D eigenvalue weighted by Gasteiger charge is -2.56. The molecule has 8 atom stereocenters. The van der Waals surface area contributed by atoms with Gasteiger partial charge in [0.15, 0.2) is 11.6 Å². The molecule has 0 saturated carbocycles. The van der Waals surface area contributed by atoms with Crippen LogP contribution in [0.2, 0.25) is 0 Å². The van der Waals surface area contributed by atoms with Crippen molar-refractivity contribution in [1.82, 2.24) is 5.32 Å². The van der Waals surface area contributed by atoms with Crippen LogP contribution in [0.1, 0.15) is 41.0 Å². The van der Waals surface area contributed by atoms with Gasteiger partial charge in [-0.1, -0.05) is 31.6 Å². The second kappa shape index (κ2) is 9.24. The number of hydrogen-bond donors (Lipinski definition) is 2. The monoisotopic (exact) mass is 503 g/mol. The average Bonchev–Trinajstić information content (AvgIpc) is 3.25. The van der Waals surface area contributed by atoms with E-state index in [1.807, 2.05) is 19.9 Å². The summed E-state index contributed by atoms with van der Waals surface area (Å²) in [6.07, 6.45) is 3.03. The van der Waals surface area contributed by atoms with Crippen molar-refractivity contribution in [3.05, 3.63) is 35.1 Å². The normalized spacial score (nSPS) is 40.8. The van der Waals surface area contributed by atoms with Crippen molar-refractivity contribution < 1.29 is 43.2 Å². The molecule has 2 N–H and O–H groups in total. The van der Waals surface area contributed by atoms with Crippen LogP contribution in [0, 0.1) is 17.8 Å². The Hall–Kier alpha value is -2.82. The fraction of sp³-hybridized carbons (Fsp3) is 0.615. The smallest absolute Gasteiger partial charge is 0.316 e. The van der Waals surface area contributed by atoms with Gasteiger partial charge in [-0.25, -0.2) is 0 Å². The lowest BCUT2D eigenvalue weighted by atomic mass is 9.73. The van der Waals surface area contributed by atoms with Crippen molar-refractivity contribution in [2.75, 3.05) is 13.7 Å². The molecule has 10 nitrogen and oxygen atoms in total. The number of aliphatic hydroxyl groups excluding tert-OH is 1. The van der Waals surface area contributed by atoms with E-state index in [4.69, 9.17) is 18.9 Å². The van der Waals surface area contributed by atoms with E-state index in [2.05, 4.69) is 5.32 Å². The maximum atomic E-state index is 13.1. The summed E-state index contributed by atoms with van der Waals surface area (Å²) in [6.45, 7) is 8.96. The molecule has 0 aromatic carbocycles. The first-order chi connectivity index (χ1) is 16.8. The quantitative estimate of drug-likeness (QED) is 0.189. The van der Waals surface area contributed by atoms with Crippen molar-refractivity contribution in [3.63, 3.8) is 0 Å². The third kappa shape index (κ3) is 4.01. The highest BCUT2D eigenvalue weighted by Gasteiger charge is 2.74. The lowest BCUT2D eigenvalue weighted by Crippen LogP contribution is -2.71. The number of aliphatic hydroxyl groups is 1. The number of ketones is 2. The van der Waals surface area contributed by atoms with Crippen LogP contribution in [0.3, 0.4) is 0 Å². The van der Waals surface area contributed by atoms with E-state index in [-0.39, 0.29) is 36.2 Å². The van der Waals surface area contributed by atoms with Gasteiger partial charge in [0.1, 0.15) is 29.0 Å². The van der Waals surface area contributed by atoms with Crippen LogP contribution < -0.4 is 5.32 Å². The molecule has 1 amide bonds. The average molecular weight is 504 g/mol. The number of amides is 1. The fourth-order valence-corrected chi connectivity index (χ4v) is 6.00. The molecular weight excluding hydrogens is 470 g/mol. The Morgan fingerprint density at radius 2 is 1.89 bits per heavy atom. The third-order valence-corrected chi connectivity index (χ3v) is 7.67. The van der Waals surface area contributed by atoms with Crippen LogP contribution in [0.4, 0.5) is 0 Å². The number of allylic oxidation sites excluding steroid dienone is 3. The van der Waals surface area contributed by atoms with E-state index in [1.165, 1.54) is 13.2 Å². The van der Waals surface area contributed by atoms with Crippen molar-refractivity contribution >= 4 is 23.4 Å². The molecule has 4 saturated heterocycles. The number of carbonyl (C=O) groups is 4. The van der Waals surface area contributed by atoms with Gasteiger partial charge in [-0.15, -0.1) is 0 Å². The Bertz CT molecular complexity index is 1070. The van der Waals surface area contributed by atoms with Gasteiger partial charge in [0.05, 0.1) is 25.9 Å². The first kappa shape index (κ1) is 26.2. The minimum absolute atomic E-state index is 0.0682. The first-order valence-corrected chi connectivity index (χ1v) is 12.1. The predicted octanol–water partition coefficient (Wildman–Crippen LogP) is 1.69. The molecule has 2 bridgehead atoms. The number of carbonyl (C=O) groups excluding carboxylic acids is 4. The van der Waals surface area contributed by atoms with E-state index in [9.17, 15) is 24.3 Å². The molecule has 4 fully saturated rings. The molecule has 4 heterocycles. The molecule has 8 unspecified atom stereocenters. The number of rotatable bonds is 5. The van der Waals surface area contributed by atoms with Crippen LogP contribution in [0.25, 0.3) is 0 Å². The largest absolute Gasteiger partial charge is 0.507 e. The van der Waals surface area contributed by atoms with Gasteiger partial charge in [-0.3, -0.25) is 19.2 Å². The number of ether oxygens (including phenoxy) is 4. The molecule has 4 aliphatic rings. The van der Waals surface area contributed by atoms with Gasteiger partial charge >= 0.3 is 5.97 Å². The maximum absolute atomic E-state index is 13.1.